The molecule has 3 aromatic rings. The average molecular weight is 425 g/mol. The molecule has 30 heavy (non-hydrogen) atoms. The molecular weight excluding hydrogens is 396 g/mol. The Bertz CT molecular complexity index is 942. The zero-order chi connectivity index (χ0) is 20.9. The lowest BCUT2D eigenvalue weighted by atomic mass is 10.0. The second kappa shape index (κ2) is 9.43. The van der Waals surface area contributed by atoms with Crippen LogP contribution in [-0.4, -0.2) is 47.0 Å². The van der Waals surface area contributed by atoms with Crippen molar-refractivity contribution in [3.05, 3.63) is 53.5 Å². The smallest absolute Gasteiger partial charge is 0.223 e. The zero-order valence-electron chi connectivity index (χ0n) is 17.6. The molecule has 1 aromatic carbocycles. The summed E-state index contributed by atoms with van der Waals surface area (Å²) in [7, 11) is 0. The molecule has 3 heterocycles. The fourth-order valence-corrected chi connectivity index (χ4v) is 4.42. The lowest BCUT2D eigenvalue weighted by Crippen LogP contribution is -2.48. The maximum atomic E-state index is 12.6. The molecule has 7 heteroatoms. The van der Waals surface area contributed by atoms with Gasteiger partial charge in [-0.2, -0.15) is 0 Å². The van der Waals surface area contributed by atoms with Gasteiger partial charge in [0.2, 0.25) is 5.91 Å². The Balaban J connectivity index is 1.26. The van der Waals surface area contributed by atoms with E-state index in [1.165, 1.54) is 5.56 Å². The van der Waals surface area contributed by atoms with Crippen molar-refractivity contribution in [1.29, 1.82) is 0 Å². The van der Waals surface area contributed by atoms with Gasteiger partial charge in [-0.25, -0.2) is 9.97 Å². The highest BCUT2D eigenvalue weighted by Crippen LogP contribution is 2.23. The second-order valence-corrected chi connectivity index (χ2v) is 8.97. The summed E-state index contributed by atoms with van der Waals surface area (Å²) in [5.41, 5.74) is 2.35. The first-order valence-electron chi connectivity index (χ1n) is 10.5. The molecule has 158 valence electrons. The van der Waals surface area contributed by atoms with Gasteiger partial charge in [0.25, 0.3) is 0 Å². The molecule has 1 fully saturated rings. The van der Waals surface area contributed by atoms with Crippen LogP contribution in [0.3, 0.4) is 0 Å². The Kier molecular flexibility index (Phi) is 6.47. The van der Waals surface area contributed by atoms with Crippen LogP contribution in [0.1, 0.15) is 31.7 Å². The number of oxazole rings is 1. The van der Waals surface area contributed by atoms with Crippen LogP contribution in [0, 0.1) is 5.92 Å². The Morgan fingerprint density at radius 3 is 2.57 bits per heavy atom. The summed E-state index contributed by atoms with van der Waals surface area (Å²) in [4.78, 5) is 25.5. The van der Waals surface area contributed by atoms with Crippen molar-refractivity contribution in [3.8, 4) is 11.3 Å². The molecule has 0 saturated carbocycles. The molecule has 1 aliphatic rings. The topological polar surface area (TPSA) is 62.5 Å². The quantitative estimate of drug-likeness (QED) is 0.567. The lowest BCUT2D eigenvalue weighted by molar-refractivity contribution is -0.131. The Labute approximate surface area is 181 Å². The number of carbonyl (C=O) groups is 1. The first-order chi connectivity index (χ1) is 14.6. The monoisotopic (exact) mass is 424 g/mol. The number of hydrogen-bond acceptors (Lipinski definition) is 6. The van der Waals surface area contributed by atoms with Crippen LogP contribution in [0.4, 0.5) is 5.13 Å². The van der Waals surface area contributed by atoms with E-state index in [1.807, 2.05) is 16.5 Å². The number of nitrogens with zero attached hydrogens (tertiary/aromatic N) is 4. The van der Waals surface area contributed by atoms with E-state index in [4.69, 9.17) is 4.42 Å². The molecule has 4 rings (SSSR count). The van der Waals surface area contributed by atoms with Crippen molar-refractivity contribution < 1.29 is 9.21 Å². The summed E-state index contributed by atoms with van der Waals surface area (Å²) in [6, 6.07) is 8.45. The lowest BCUT2D eigenvalue weighted by Gasteiger charge is -2.34. The maximum Gasteiger partial charge on any atom is 0.223 e. The van der Waals surface area contributed by atoms with Gasteiger partial charge in [0.05, 0.1) is 6.20 Å². The van der Waals surface area contributed by atoms with E-state index in [-0.39, 0.29) is 5.91 Å². The molecule has 0 radical (unpaired) electrons. The number of amides is 1. The van der Waals surface area contributed by atoms with Crippen LogP contribution in [0.25, 0.3) is 11.3 Å². The van der Waals surface area contributed by atoms with Crippen molar-refractivity contribution in [2.45, 2.75) is 33.1 Å². The van der Waals surface area contributed by atoms with Crippen LogP contribution < -0.4 is 4.90 Å². The fourth-order valence-electron chi connectivity index (χ4n) is 3.73. The van der Waals surface area contributed by atoms with Gasteiger partial charge < -0.3 is 14.2 Å². The van der Waals surface area contributed by atoms with E-state index in [0.717, 1.165) is 49.1 Å². The molecule has 0 bridgehead atoms. The fraction of sp³-hybridized carbons (Fsp3) is 0.435. The summed E-state index contributed by atoms with van der Waals surface area (Å²) in [6.45, 7) is 7.57. The molecule has 0 N–H and O–H groups in total. The number of anilines is 1. The van der Waals surface area contributed by atoms with E-state index in [0.29, 0.717) is 24.7 Å². The van der Waals surface area contributed by atoms with Gasteiger partial charge in [-0.15, -0.1) is 11.3 Å². The van der Waals surface area contributed by atoms with E-state index in [2.05, 4.69) is 53.0 Å². The van der Waals surface area contributed by atoms with Gasteiger partial charge in [-0.05, 0) is 17.9 Å². The first kappa shape index (κ1) is 20.6. The number of carbonyl (C=O) groups excluding carboxylic acids is 1. The normalized spacial score (nSPS) is 14.5. The summed E-state index contributed by atoms with van der Waals surface area (Å²) >= 11 is 1.64. The highest BCUT2D eigenvalue weighted by atomic mass is 32.1. The summed E-state index contributed by atoms with van der Waals surface area (Å²) in [5.74, 6) is 2.17. The molecule has 6 nitrogen and oxygen atoms in total. The van der Waals surface area contributed by atoms with Crippen LogP contribution in [0.2, 0.25) is 0 Å². The van der Waals surface area contributed by atoms with Gasteiger partial charge in [0.1, 0.15) is 0 Å². The van der Waals surface area contributed by atoms with Gasteiger partial charge in [-0.1, -0.05) is 38.1 Å². The summed E-state index contributed by atoms with van der Waals surface area (Å²) in [6.07, 6.45) is 5.59. The van der Waals surface area contributed by atoms with Crippen molar-refractivity contribution >= 4 is 22.4 Å². The van der Waals surface area contributed by atoms with Crippen molar-refractivity contribution in [3.63, 3.8) is 0 Å². The number of piperazine rings is 1. The number of aryl methyl sites for hydroxylation is 1. The minimum absolute atomic E-state index is 0.159. The number of rotatable bonds is 7. The van der Waals surface area contributed by atoms with E-state index in [9.17, 15) is 4.79 Å². The molecule has 0 unspecified atom stereocenters. The molecule has 0 aliphatic carbocycles. The zero-order valence-corrected chi connectivity index (χ0v) is 18.4. The second-order valence-electron chi connectivity index (χ2n) is 8.10. The van der Waals surface area contributed by atoms with Crippen LogP contribution >= 0.6 is 11.3 Å². The molecule has 2 aromatic heterocycles. The SMILES string of the molecule is CC(C)Cc1ccc(-c2cnc(CCC(=O)N3CCN(c4nccs4)CC3)o2)cc1. The maximum absolute atomic E-state index is 12.6. The predicted octanol–water partition coefficient (Wildman–Crippen LogP) is 4.28. The highest BCUT2D eigenvalue weighted by molar-refractivity contribution is 7.13. The molecule has 1 aliphatic heterocycles. The molecule has 1 amide bonds. The Morgan fingerprint density at radius 2 is 1.90 bits per heavy atom. The van der Waals surface area contributed by atoms with Crippen LogP contribution in [0.5, 0.6) is 0 Å². The van der Waals surface area contributed by atoms with E-state index >= 15 is 0 Å². The summed E-state index contributed by atoms with van der Waals surface area (Å²) < 4.78 is 5.90. The third-order valence-corrected chi connectivity index (χ3v) is 6.14. The molecule has 0 spiro atoms. The molecule has 0 atom stereocenters. The van der Waals surface area contributed by atoms with Crippen molar-refractivity contribution in [2.24, 2.45) is 5.92 Å². The minimum Gasteiger partial charge on any atom is -0.441 e. The van der Waals surface area contributed by atoms with Crippen LogP contribution in [-0.2, 0) is 17.6 Å². The van der Waals surface area contributed by atoms with Gasteiger partial charge in [0, 0.05) is 56.2 Å². The van der Waals surface area contributed by atoms with Crippen molar-refractivity contribution in [1.82, 2.24) is 14.9 Å². The third-order valence-electron chi connectivity index (χ3n) is 5.31. The minimum atomic E-state index is 0.159. The van der Waals surface area contributed by atoms with E-state index < -0.39 is 0 Å². The highest BCUT2D eigenvalue weighted by Gasteiger charge is 2.22. The Morgan fingerprint density at radius 1 is 1.13 bits per heavy atom. The van der Waals surface area contributed by atoms with Gasteiger partial charge in [0.15, 0.2) is 16.8 Å². The number of thiazole rings is 1. The number of benzene rings is 1. The van der Waals surface area contributed by atoms with E-state index in [1.54, 1.807) is 17.5 Å². The number of aromatic nitrogens is 2. The average Bonchev–Trinajstić information content (AvgIpc) is 3.45. The molecular formula is C23H28N4O2S. The first-order valence-corrected chi connectivity index (χ1v) is 11.4. The van der Waals surface area contributed by atoms with Gasteiger partial charge in [-0.3, -0.25) is 4.79 Å². The molecule has 1 saturated heterocycles. The van der Waals surface area contributed by atoms with Crippen LogP contribution in [0.15, 0.2) is 46.5 Å². The van der Waals surface area contributed by atoms with Crippen molar-refractivity contribution in [2.75, 3.05) is 31.1 Å². The Hall–Kier alpha value is -2.67. The standard InChI is InChI=1S/C23H28N4O2S/c1-17(2)15-18-3-5-19(6-4-18)20-16-25-21(29-20)7-8-22(28)26-10-12-27(13-11-26)23-24-9-14-30-23/h3-6,9,14,16-17H,7-8,10-13,15H2,1-2H3. The predicted molar refractivity (Wildman–Crippen MR) is 120 cm³/mol. The third kappa shape index (κ3) is 5.08. The largest absolute Gasteiger partial charge is 0.441 e. The summed E-state index contributed by atoms with van der Waals surface area (Å²) in [5, 5.41) is 3.02. The van der Waals surface area contributed by atoms with Gasteiger partial charge >= 0.3 is 0 Å². The number of hydrogen-bond donors (Lipinski definition) is 0.